The van der Waals surface area contributed by atoms with Gasteiger partial charge in [0.2, 0.25) is 5.91 Å². The third kappa shape index (κ3) is 6.00. The number of nitrogens with zero attached hydrogens (tertiary/aromatic N) is 3. The van der Waals surface area contributed by atoms with E-state index in [1.807, 2.05) is 23.1 Å². The highest BCUT2D eigenvalue weighted by atomic mass is 32.2. The Kier molecular flexibility index (Phi) is 8.15. The van der Waals surface area contributed by atoms with Crippen LogP contribution in [0.3, 0.4) is 0 Å². The van der Waals surface area contributed by atoms with Crippen molar-refractivity contribution in [3.8, 4) is 0 Å². The number of benzene rings is 1. The summed E-state index contributed by atoms with van der Waals surface area (Å²) in [5.74, 6) is -0.0359. The van der Waals surface area contributed by atoms with Gasteiger partial charge in [0.15, 0.2) is 0 Å². The van der Waals surface area contributed by atoms with Crippen molar-refractivity contribution in [2.24, 2.45) is 0 Å². The van der Waals surface area contributed by atoms with Gasteiger partial charge in [0.1, 0.15) is 4.21 Å². The Morgan fingerprint density at radius 3 is 2.36 bits per heavy atom. The molecule has 0 aliphatic carbocycles. The van der Waals surface area contributed by atoms with Gasteiger partial charge in [0, 0.05) is 45.3 Å². The molecule has 10 heteroatoms. The Hall–Kier alpha value is -1.82. The predicted molar refractivity (Wildman–Crippen MR) is 129 cm³/mol. The molecule has 2 fully saturated rings. The Balaban J connectivity index is 1.32. The van der Waals surface area contributed by atoms with Gasteiger partial charge in [-0.15, -0.1) is 11.3 Å². The fourth-order valence-electron chi connectivity index (χ4n) is 4.57. The second kappa shape index (κ2) is 11.1. The molecule has 0 bridgehead atoms. The molecule has 1 aromatic heterocycles. The first-order valence-corrected chi connectivity index (χ1v) is 13.7. The molecule has 8 nitrogen and oxygen atoms in total. The smallest absolute Gasteiger partial charge is 0.252 e. The summed E-state index contributed by atoms with van der Waals surface area (Å²) < 4.78 is 32.8. The van der Waals surface area contributed by atoms with Crippen LogP contribution in [0, 0.1) is 0 Å². The first kappa shape index (κ1) is 24.3. The minimum Gasteiger partial charge on any atom is -0.379 e. The highest BCUT2D eigenvalue weighted by molar-refractivity contribution is 7.91. The van der Waals surface area contributed by atoms with Gasteiger partial charge in [-0.3, -0.25) is 14.6 Å². The number of ether oxygens (including phenoxy) is 1. The number of thiophene rings is 1. The third-order valence-electron chi connectivity index (χ3n) is 6.23. The molecular formula is C23H32N4O4S2. The second-order valence-corrected chi connectivity index (χ2v) is 11.6. The molecule has 2 atom stereocenters. The molecule has 0 unspecified atom stereocenters. The molecule has 0 spiro atoms. The summed E-state index contributed by atoms with van der Waals surface area (Å²) >= 11 is 1.24. The minimum atomic E-state index is -3.44. The third-order valence-corrected chi connectivity index (χ3v) is 9.50. The first-order valence-electron chi connectivity index (χ1n) is 11.4. The average Bonchev–Trinajstić information content (AvgIpc) is 3.37. The first-order chi connectivity index (χ1) is 15.9. The molecule has 2 aliphatic heterocycles. The number of carbonyl (C=O) groups is 1. The van der Waals surface area contributed by atoms with E-state index in [4.69, 9.17) is 4.74 Å². The van der Waals surface area contributed by atoms with Crippen LogP contribution < -0.4 is 5.32 Å². The zero-order valence-electron chi connectivity index (χ0n) is 18.9. The van der Waals surface area contributed by atoms with E-state index in [9.17, 15) is 13.2 Å². The molecule has 0 radical (unpaired) electrons. The van der Waals surface area contributed by atoms with Crippen LogP contribution in [0.25, 0.3) is 0 Å². The highest BCUT2D eigenvalue weighted by Crippen LogP contribution is 2.26. The Bertz CT molecular complexity index is 987. The molecule has 180 valence electrons. The van der Waals surface area contributed by atoms with Crippen LogP contribution >= 0.6 is 11.3 Å². The summed E-state index contributed by atoms with van der Waals surface area (Å²) in [6.07, 6.45) is 0. The Morgan fingerprint density at radius 1 is 1.03 bits per heavy atom. The van der Waals surface area contributed by atoms with Gasteiger partial charge >= 0.3 is 0 Å². The van der Waals surface area contributed by atoms with E-state index in [1.54, 1.807) is 17.5 Å². The Labute approximate surface area is 200 Å². The summed E-state index contributed by atoms with van der Waals surface area (Å²) in [5, 5.41) is 4.97. The van der Waals surface area contributed by atoms with Crippen LogP contribution in [0.15, 0.2) is 52.1 Å². The zero-order valence-corrected chi connectivity index (χ0v) is 20.6. The number of hydrogen-bond acceptors (Lipinski definition) is 7. The van der Waals surface area contributed by atoms with Crippen LogP contribution in [0.5, 0.6) is 0 Å². The van der Waals surface area contributed by atoms with Crippen LogP contribution in [0.2, 0.25) is 0 Å². The lowest BCUT2D eigenvalue weighted by Gasteiger charge is -2.39. The van der Waals surface area contributed by atoms with Crippen molar-refractivity contribution >= 4 is 27.3 Å². The number of carbonyl (C=O) groups excluding carboxylic acids is 1. The van der Waals surface area contributed by atoms with Crippen molar-refractivity contribution in [3.63, 3.8) is 0 Å². The van der Waals surface area contributed by atoms with Crippen molar-refractivity contribution in [1.29, 1.82) is 0 Å². The lowest BCUT2D eigenvalue weighted by Crippen LogP contribution is -2.53. The molecule has 1 aromatic carbocycles. The zero-order chi connectivity index (χ0) is 23.3. The molecule has 2 aromatic rings. The van der Waals surface area contributed by atoms with Gasteiger partial charge in [-0.05, 0) is 23.9 Å². The predicted octanol–water partition coefficient (Wildman–Crippen LogP) is 1.63. The van der Waals surface area contributed by atoms with Gasteiger partial charge in [-0.2, -0.15) is 4.31 Å². The largest absolute Gasteiger partial charge is 0.379 e. The van der Waals surface area contributed by atoms with Crippen molar-refractivity contribution in [3.05, 3.63) is 53.4 Å². The monoisotopic (exact) mass is 492 g/mol. The van der Waals surface area contributed by atoms with E-state index in [-0.39, 0.29) is 24.5 Å². The highest BCUT2D eigenvalue weighted by Gasteiger charge is 2.31. The van der Waals surface area contributed by atoms with E-state index < -0.39 is 10.0 Å². The van der Waals surface area contributed by atoms with E-state index in [0.717, 1.165) is 13.1 Å². The lowest BCUT2D eigenvalue weighted by atomic mass is 9.98. The number of morpholine rings is 1. The normalized spacial score (nSPS) is 20.9. The van der Waals surface area contributed by atoms with Gasteiger partial charge < -0.3 is 10.1 Å². The standard InChI is InChI=1S/C23H32N4O4S2/c1-19(23(20-6-3-2-4-7-20)26-13-15-31-16-14-26)24-21(28)18-25-9-11-27(12-10-25)33(29,30)22-8-5-17-32-22/h2-8,17,19,23H,9-16,18H2,1H3,(H,24,28)/t19-,23+/m1/s1. The van der Waals surface area contributed by atoms with Gasteiger partial charge in [-0.1, -0.05) is 36.4 Å². The average molecular weight is 493 g/mol. The Morgan fingerprint density at radius 2 is 1.73 bits per heavy atom. The lowest BCUT2D eigenvalue weighted by molar-refractivity contribution is -0.123. The van der Waals surface area contributed by atoms with E-state index in [0.29, 0.717) is 43.6 Å². The summed E-state index contributed by atoms with van der Waals surface area (Å²) in [7, 11) is -3.44. The number of amides is 1. The summed E-state index contributed by atoms with van der Waals surface area (Å²) in [6.45, 7) is 7.24. The minimum absolute atomic E-state index is 0.0359. The maximum Gasteiger partial charge on any atom is 0.252 e. The van der Waals surface area contributed by atoms with E-state index >= 15 is 0 Å². The molecule has 33 heavy (non-hydrogen) atoms. The number of sulfonamides is 1. The number of rotatable bonds is 8. The fraction of sp³-hybridized carbons (Fsp3) is 0.522. The van der Waals surface area contributed by atoms with Crippen molar-refractivity contribution in [2.75, 3.05) is 59.0 Å². The van der Waals surface area contributed by atoms with Crippen molar-refractivity contribution in [2.45, 2.75) is 23.2 Å². The maximum atomic E-state index is 12.9. The van der Waals surface area contributed by atoms with Crippen LogP contribution in [-0.4, -0.2) is 93.5 Å². The van der Waals surface area contributed by atoms with Crippen LogP contribution in [-0.2, 0) is 19.6 Å². The van der Waals surface area contributed by atoms with Gasteiger partial charge in [-0.25, -0.2) is 8.42 Å². The quantitative estimate of drug-likeness (QED) is 0.603. The number of piperazine rings is 1. The maximum absolute atomic E-state index is 12.9. The topological polar surface area (TPSA) is 82.2 Å². The van der Waals surface area contributed by atoms with Crippen molar-refractivity contribution < 1.29 is 17.9 Å². The molecular weight excluding hydrogens is 460 g/mol. The summed E-state index contributed by atoms with van der Waals surface area (Å²) in [4.78, 5) is 17.3. The molecule has 1 N–H and O–H groups in total. The van der Waals surface area contributed by atoms with Gasteiger partial charge in [0.05, 0.1) is 25.8 Å². The summed E-state index contributed by atoms with van der Waals surface area (Å²) in [5.41, 5.74) is 1.18. The van der Waals surface area contributed by atoms with Crippen molar-refractivity contribution in [1.82, 2.24) is 19.4 Å². The molecule has 2 aliphatic rings. The van der Waals surface area contributed by atoms with Crippen LogP contribution in [0.1, 0.15) is 18.5 Å². The fourth-order valence-corrected chi connectivity index (χ4v) is 7.14. The van der Waals surface area contributed by atoms with Gasteiger partial charge in [0.25, 0.3) is 10.0 Å². The second-order valence-electron chi connectivity index (χ2n) is 8.47. The molecule has 1 amide bonds. The number of nitrogens with one attached hydrogen (secondary N) is 1. The molecule has 3 heterocycles. The molecule has 0 saturated carbocycles. The summed E-state index contributed by atoms with van der Waals surface area (Å²) in [6, 6.07) is 13.7. The molecule has 2 saturated heterocycles. The SMILES string of the molecule is C[C@@H](NC(=O)CN1CCN(S(=O)(=O)c2cccs2)CC1)[C@@H](c1ccccc1)N1CCOCC1. The number of hydrogen-bond donors (Lipinski definition) is 1. The molecule has 4 rings (SSSR count). The van der Waals surface area contributed by atoms with Crippen LogP contribution in [0.4, 0.5) is 0 Å². The van der Waals surface area contributed by atoms with E-state index in [2.05, 4.69) is 29.3 Å². The van der Waals surface area contributed by atoms with E-state index in [1.165, 1.54) is 21.2 Å².